The van der Waals surface area contributed by atoms with Gasteiger partial charge in [0.25, 0.3) is 5.56 Å². The molecule has 0 spiro atoms. The van der Waals surface area contributed by atoms with E-state index in [-0.39, 0.29) is 23.6 Å². The van der Waals surface area contributed by atoms with Crippen LogP contribution < -0.4 is 5.56 Å². The summed E-state index contributed by atoms with van der Waals surface area (Å²) in [7, 11) is 1.67. The molecule has 7 heteroatoms. The monoisotopic (exact) mass is 406 g/mol. The first kappa shape index (κ1) is 20.6. The summed E-state index contributed by atoms with van der Waals surface area (Å²) in [6.45, 7) is 2.46. The second-order valence-electron chi connectivity index (χ2n) is 6.58. The largest absolute Gasteiger partial charge is 0.344 e. The molecule has 0 bridgehead atoms. The van der Waals surface area contributed by atoms with Crippen LogP contribution >= 0.6 is 11.8 Å². The standard InChI is InChI=1S/C22H22N4O2S/c1-3-16-9-11-17(12-10-16)26-21(28)18-7-4-5-8-19(18)24-22(26)29-15-20(27)25(2)14-6-13-23/h4-5,7-12H,3,6,14-15H2,1-2H3. The Bertz CT molecular complexity index is 1120. The maximum Gasteiger partial charge on any atom is 0.266 e. The highest BCUT2D eigenvalue weighted by Gasteiger charge is 2.16. The van der Waals surface area contributed by atoms with E-state index in [0.717, 1.165) is 12.1 Å². The van der Waals surface area contributed by atoms with Gasteiger partial charge in [0.2, 0.25) is 5.91 Å². The molecule has 0 fully saturated rings. The Hall–Kier alpha value is -3.11. The number of hydrogen-bond acceptors (Lipinski definition) is 5. The Morgan fingerprint density at radius 1 is 1.21 bits per heavy atom. The summed E-state index contributed by atoms with van der Waals surface area (Å²) in [5.41, 5.74) is 2.34. The van der Waals surface area contributed by atoms with Crippen LogP contribution in [-0.2, 0) is 11.2 Å². The summed E-state index contributed by atoms with van der Waals surface area (Å²) < 4.78 is 1.56. The van der Waals surface area contributed by atoms with Crippen LogP contribution in [0.2, 0.25) is 0 Å². The van der Waals surface area contributed by atoms with Crippen LogP contribution in [0.25, 0.3) is 16.6 Å². The molecule has 148 valence electrons. The predicted molar refractivity (Wildman–Crippen MR) is 115 cm³/mol. The summed E-state index contributed by atoms with van der Waals surface area (Å²) in [4.78, 5) is 31.8. The van der Waals surface area contributed by atoms with E-state index in [1.54, 1.807) is 23.7 Å². The van der Waals surface area contributed by atoms with Crippen LogP contribution in [0.4, 0.5) is 0 Å². The van der Waals surface area contributed by atoms with Crippen molar-refractivity contribution in [1.29, 1.82) is 5.26 Å². The van der Waals surface area contributed by atoms with E-state index in [4.69, 9.17) is 5.26 Å². The summed E-state index contributed by atoms with van der Waals surface area (Å²) in [6, 6.07) is 17.0. The van der Waals surface area contributed by atoms with Gasteiger partial charge in [-0.15, -0.1) is 0 Å². The van der Waals surface area contributed by atoms with Crippen molar-refractivity contribution in [2.24, 2.45) is 0 Å². The van der Waals surface area contributed by atoms with Crippen molar-refractivity contribution in [2.75, 3.05) is 19.3 Å². The number of thioether (sulfide) groups is 1. The van der Waals surface area contributed by atoms with Crippen molar-refractivity contribution in [1.82, 2.24) is 14.5 Å². The van der Waals surface area contributed by atoms with Crippen LogP contribution in [-0.4, -0.2) is 39.7 Å². The first-order valence-electron chi connectivity index (χ1n) is 9.40. The van der Waals surface area contributed by atoms with E-state index in [2.05, 4.69) is 11.9 Å². The van der Waals surface area contributed by atoms with E-state index in [1.165, 1.54) is 22.2 Å². The molecule has 0 aliphatic heterocycles. The highest BCUT2D eigenvalue weighted by molar-refractivity contribution is 7.99. The molecule has 3 rings (SSSR count). The molecule has 2 aromatic carbocycles. The van der Waals surface area contributed by atoms with Gasteiger partial charge in [-0.3, -0.25) is 14.2 Å². The third-order valence-corrected chi connectivity index (χ3v) is 5.58. The molecule has 0 saturated carbocycles. The van der Waals surface area contributed by atoms with E-state index in [9.17, 15) is 9.59 Å². The number of aryl methyl sites for hydroxylation is 1. The number of rotatable bonds is 7. The number of benzene rings is 2. The van der Waals surface area contributed by atoms with Gasteiger partial charge in [0, 0.05) is 13.6 Å². The molecule has 0 atom stereocenters. The zero-order valence-electron chi connectivity index (χ0n) is 16.5. The molecular formula is C22H22N4O2S. The lowest BCUT2D eigenvalue weighted by Gasteiger charge is -2.17. The molecule has 1 heterocycles. The van der Waals surface area contributed by atoms with Gasteiger partial charge in [0.15, 0.2) is 5.16 Å². The van der Waals surface area contributed by atoms with Crippen molar-refractivity contribution in [3.8, 4) is 11.8 Å². The van der Waals surface area contributed by atoms with Gasteiger partial charge in [0.1, 0.15) is 0 Å². The minimum Gasteiger partial charge on any atom is -0.344 e. The Labute approximate surface area is 173 Å². The normalized spacial score (nSPS) is 10.7. The molecule has 0 unspecified atom stereocenters. The number of carbonyl (C=O) groups excluding carboxylic acids is 1. The fourth-order valence-electron chi connectivity index (χ4n) is 2.90. The molecule has 1 aromatic heterocycles. The maximum absolute atomic E-state index is 13.2. The highest BCUT2D eigenvalue weighted by atomic mass is 32.2. The van der Waals surface area contributed by atoms with Crippen molar-refractivity contribution in [2.45, 2.75) is 24.9 Å². The first-order valence-corrected chi connectivity index (χ1v) is 10.4. The van der Waals surface area contributed by atoms with Crippen LogP contribution in [0.1, 0.15) is 18.9 Å². The van der Waals surface area contributed by atoms with Crippen molar-refractivity contribution >= 4 is 28.6 Å². The summed E-state index contributed by atoms with van der Waals surface area (Å²) in [5, 5.41) is 9.70. The van der Waals surface area contributed by atoms with Gasteiger partial charge in [-0.05, 0) is 36.2 Å². The molecule has 0 saturated heterocycles. The lowest BCUT2D eigenvalue weighted by atomic mass is 10.1. The quantitative estimate of drug-likeness (QED) is 0.444. The van der Waals surface area contributed by atoms with Crippen LogP contribution in [0, 0.1) is 11.3 Å². The third-order valence-electron chi connectivity index (χ3n) is 4.66. The van der Waals surface area contributed by atoms with Crippen LogP contribution in [0.5, 0.6) is 0 Å². The maximum atomic E-state index is 13.2. The minimum absolute atomic E-state index is 0.111. The summed E-state index contributed by atoms with van der Waals surface area (Å²) in [5.74, 6) is 0.0280. The molecule has 0 N–H and O–H groups in total. The average Bonchev–Trinajstić information content (AvgIpc) is 2.76. The molecule has 6 nitrogen and oxygen atoms in total. The Kier molecular flexibility index (Phi) is 6.68. The summed E-state index contributed by atoms with van der Waals surface area (Å²) >= 11 is 1.23. The van der Waals surface area contributed by atoms with Crippen molar-refractivity contribution in [3.05, 3.63) is 64.4 Å². The molecule has 1 amide bonds. The van der Waals surface area contributed by atoms with Crippen LogP contribution in [0.3, 0.4) is 0 Å². The second-order valence-corrected chi connectivity index (χ2v) is 7.53. The highest BCUT2D eigenvalue weighted by Crippen LogP contribution is 2.22. The number of para-hydroxylation sites is 1. The molecule has 0 radical (unpaired) electrons. The van der Waals surface area contributed by atoms with Gasteiger partial charge < -0.3 is 4.90 Å². The van der Waals surface area contributed by atoms with Gasteiger partial charge in [-0.2, -0.15) is 5.26 Å². The average molecular weight is 407 g/mol. The number of fused-ring (bicyclic) bond motifs is 1. The Morgan fingerprint density at radius 2 is 1.93 bits per heavy atom. The zero-order chi connectivity index (χ0) is 20.8. The lowest BCUT2D eigenvalue weighted by Crippen LogP contribution is -2.29. The Morgan fingerprint density at radius 3 is 2.62 bits per heavy atom. The molecule has 0 aliphatic rings. The number of nitrogens with zero attached hydrogens (tertiary/aromatic N) is 4. The smallest absolute Gasteiger partial charge is 0.266 e. The number of hydrogen-bond donors (Lipinski definition) is 0. The third kappa shape index (κ3) is 4.66. The number of carbonyl (C=O) groups is 1. The summed E-state index contributed by atoms with van der Waals surface area (Å²) in [6.07, 6.45) is 1.20. The van der Waals surface area contributed by atoms with Crippen LogP contribution in [0.15, 0.2) is 58.5 Å². The molecular weight excluding hydrogens is 384 g/mol. The molecule has 29 heavy (non-hydrogen) atoms. The van der Waals surface area contributed by atoms with Gasteiger partial charge in [-0.1, -0.05) is 43.0 Å². The van der Waals surface area contributed by atoms with Gasteiger partial charge in [0.05, 0.1) is 34.8 Å². The fourth-order valence-corrected chi connectivity index (χ4v) is 3.85. The Balaban J connectivity index is 1.99. The second kappa shape index (κ2) is 9.39. The minimum atomic E-state index is -0.160. The molecule has 0 aliphatic carbocycles. The van der Waals surface area contributed by atoms with E-state index in [0.29, 0.717) is 22.6 Å². The van der Waals surface area contributed by atoms with Gasteiger partial charge >= 0.3 is 0 Å². The predicted octanol–water partition coefficient (Wildman–Crippen LogP) is 3.41. The van der Waals surface area contributed by atoms with E-state index >= 15 is 0 Å². The van der Waals surface area contributed by atoms with Crippen molar-refractivity contribution < 1.29 is 4.79 Å². The fraction of sp³-hybridized carbons (Fsp3) is 0.273. The van der Waals surface area contributed by atoms with Gasteiger partial charge in [-0.25, -0.2) is 4.98 Å². The number of amides is 1. The van der Waals surface area contributed by atoms with Crippen molar-refractivity contribution in [3.63, 3.8) is 0 Å². The first-order chi connectivity index (χ1) is 14.0. The molecule has 3 aromatic rings. The lowest BCUT2D eigenvalue weighted by molar-refractivity contribution is -0.127. The number of nitriles is 1. The topological polar surface area (TPSA) is 79.0 Å². The SMILES string of the molecule is CCc1ccc(-n2c(SCC(=O)N(C)CCC#N)nc3ccccc3c2=O)cc1. The zero-order valence-corrected chi connectivity index (χ0v) is 17.3. The van der Waals surface area contributed by atoms with E-state index in [1.807, 2.05) is 42.5 Å². The van der Waals surface area contributed by atoms with E-state index < -0.39 is 0 Å². The number of aromatic nitrogens is 2.